The Morgan fingerprint density at radius 2 is 2.16 bits per heavy atom. The van der Waals surface area contributed by atoms with E-state index in [0.717, 1.165) is 11.3 Å². The van der Waals surface area contributed by atoms with E-state index in [1.54, 1.807) is 20.2 Å². The molecule has 1 atom stereocenters. The van der Waals surface area contributed by atoms with E-state index in [1.165, 1.54) is 16.7 Å². The van der Waals surface area contributed by atoms with E-state index in [1.807, 2.05) is 35.9 Å². The van der Waals surface area contributed by atoms with Crippen molar-refractivity contribution in [3.63, 3.8) is 0 Å². The second kappa shape index (κ2) is 8.40. The number of benzene rings is 1. The second-order valence-corrected chi connectivity index (χ2v) is 7.12. The number of carboxylic acids is 1. The zero-order chi connectivity index (χ0) is 18.6. The molecule has 2 rings (SSSR count). The maximum absolute atomic E-state index is 12.2. The van der Waals surface area contributed by atoms with Gasteiger partial charge in [0.25, 0.3) is 0 Å². The Morgan fingerprint density at radius 1 is 1.44 bits per heavy atom. The second-order valence-electron chi connectivity index (χ2n) is 5.77. The number of aliphatic carboxylic acids is 1. The molecule has 6 nitrogen and oxygen atoms in total. The van der Waals surface area contributed by atoms with Gasteiger partial charge in [0.15, 0.2) is 5.16 Å². The number of imidazole rings is 1. The summed E-state index contributed by atoms with van der Waals surface area (Å²) in [5.74, 6) is -1.48. The molecule has 0 spiro atoms. The van der Waals surface area contributed by atoms with Gasteiger partial charge >= 0.3 is 5.97 Å². The first-order valence-electron chi connectivity index (χ1n) is 7.69. The predicted molar refractivity (Wildman–Crippen MR) is 98.5 cm³/mol. The van der Waals surface area contributed by atoms with Crippen molar-refractivity contribution in [2.24, 2.45) is 5.92 Å². The number of carbonyl (C=O) groups excluding carboxylic acids is 1. The van der Waals surface area contributed by atoms with Gasteiger partial charge in [-0.3, -0.25) is 14.2 Å². The molecule has 0 aliphatic heterocycles. The Balaban J connectivity index is 2.05. The van der Waals surface area contributed by atoms with Crippen LogP contribution in [0.1, 0.15) is 12.5 Å². The van der Waals surface area contributed by atoms with Crippen LogP contribution in [-0.2, 0) is 9.59 Å². The van der Waals surface area contributed by atoms with Crippen LogP contribution in [0.15, 0.2) is 35.7 Å². The summed E-state index contributed by atoms with van der Waals surface area (Å²) < 4.78 is 1.89. The number of hydrogen-bond donors (Lipinski definition) is 1. The molecular weight excluding hydrogens is 362 g/mol. The van der Waals surface area contributed by atoms with Crippen molar-refractivity contribution in [2.45, 2.75) is 19.0 Å². The average molecular weight is 382 g/mol. The highest BCUT2D eigenvalue weighted by Gasteiger charge is 2.18. The largest absolute Gasteiger partial charge is 0.481 e. The fourth-order valence-electron chi connectivity index (χ4n) is 2.26. The molecule has 8 heteroatoms. The summed E-state index contributed by atoms with van der Waals surface area (Å²) in [5, 5.41) is 10.3. The van der Waals surface area contributed by atoms with Crippen LogP contribution in [0.4, 0.5) is 0 Å². The van der Waals surface area contributed by atoms with Crippen LogP contribution in [0.3, 0.4) is 0 Å². The first kappa shape index (κ1) is 19.3. The lowest BCUT2D eigenvalue weighted by Gasteiger charge is -2.19. The number of carboxylic acid groups (broad SMARTS) is 1. The SMILES string of the molecule is Cc1c(Cl)cccc1-n1ccnc1SCC(=O)N(C)CC(C)C(=O)O. The number of amides is 1. The quantitative estimate of drug-likeness (QED) is 0.746. The molecule has 134 valence electrons. The molecule has 1 aromatic heterocycles. The molecule has 1 N–H and O–H groups in total. The fourth-order valence-corrected chi connectivity index (χ4v) is 3.34. The zero-order valence-electron chi connectivity index (χ0n) is 14.3. The molecule has 1 aromatic carbocycles. The molecule has 25 heavy (non-hydrogen) atoms. The standard InChI is InChI=1S/C17H20ClN3O3S/c1-11(16(23)24)9-20(3)15(22)10-25-17-19-7-8-21(17)14-6-4-5-13(18)12(14)2/h4-8,11H,9-10H2,1-3H3,(H,23,24). The van der Waals surface area contributed by atoms with Crippen molar-refractivity contribution < 1.29 is 14.7 Å². The molecule has 0 saturated heterocycles. The first-order chi connectivity index (χ1) is 11.8. The number of halogens is 1. The summed E-state index contributed by atoms with van der Waals surface area (Å²) in [6.45, 7) is 3.68. The van der Waals surface area contributed by atoms with E-state index in [0.29, 0.717) is 10.2 Å². The van der Waals surface area contributed by atoms with Crippen molar-refractivity contribution in [1.82, 2.24) is 14.5 Å². The van der Waals surface area contributed by atoms with Crippen LogP contribution in [0, 0.1) is 12.8 Å². The topological polar surface area (TPSA) is 75.4 Å². The third kappa shape index (κ3) is 4.76. The Bertz CT molecular complexity index is 778. The van der Waals surface area contributed by atoms with Crippen molar-refractivity contribution in [2.75, 3.05) is 19.3 Å². The van der Waals surface area contributed by atoms with Crippen LogP contribution in [0.5, 0.6) is 0 Å². The number of nitrogens with zero attached hydrogens (tertiary/aromatic N) is 3. The summed E-state index contributed by atoms with van der Waals surface area (Å²) in [6, 6.07) is 5.63. The normalized spacial score (nSPS) is 12.0. The van der Waals surface area contributed by atoms with Gasteiger partial charge < -0.3 is 10.0 Å². The molecule has 1 heterocycles. The van der Waals surface area contributed by atoms with Crippen molar-refractivity contribution in [1.29, 1.82) is 0 Å². The smallest absolute Gasteiger partial charge is 0.308 e. The molecule has 2 aromatic rings. The highest BCUT2D eigenvalue weighted by molar-refractivity contribution is 7.99. The lowest BCUT2D eigenvalue weighted by molar-refractivity contribution is -0.142. The Hall–Kier alpha value is -1.99. The van der Waals surface area contributed by atoms with Crippen molar-refractivity contribution in [3.05, 3.63) is 41.2 Å². The molecule has 1 unspecified atom stereocenters. The summed E-state index contributed by atoms with van der Waals surface area (Å²) in [4.78, 5) is 28.9. The van der Waals surface area contributed by atoms with Gasteiger partial charge in [0.05, 0.1) is 17.4 Å². The van der Waals surface area contributed by atoms with Gasteiger partial charge in [-0.05, 0) is 24.6 Å². The Labute approximate surface area is 155 Å². The molecular formula is C17H20ClN3O3S. The van der Waals surface area contributed by atoms with Gasteiger partial charge in [-0.25, -0.2) is 4.98 Å². The van der Waals surface area contributed by atoms with Crippen LogP contribution in [0.25, 0.3) is 5.69 Å². The van der Waals surface area contributed by atoms with Crippen molar-refractivity contribution in [3.8, 4) is 5.69 Å². The minimum Gasteiger partial charge on any atom is -0.481 e. The van der Waals surface area contributed by atoms with E-state index in [4.69, 9.17) is 16.7 Å². The van der Waals surface area contributed by atoms with E-state index in [2.05, 4.69) is 4.98 Å². The Morgan fingerprint density at radius 3 is 2.84 bits per heavy atom. The van der Waals surface area contributed by atoms with Gasteiger partial charge in [0.2, 0.25) is 5.91 Å². The molecule has 1 amide bonds. The molecule has 0 radical (unpaired) electrons. The third-order valence-corrected chi connectivity index (χ3v) is 5.19. The van der Waals surface area contributed by atoms with Gasteiger partial charge in [-0.2, -0.15) is 0 Å². The third-order valence-electron chi connectivity index (χ3n) is 3.83. The number of rotatable bonds is 7. The minimum absolute atomic E-state index is 0.143. The van der Waals surface area contributed by atoms with E-state index in [9.17, 15) is 9.59 Å². The summed E-state index contributed by atoms with van der Waals surface area (Å²) in [7, 11) is 1.61. The van der Waals surface area contributed by atoms with Crippen LogP contribution < -0.4 is 0 Å². The van der Waals surface area contributed by atoms with E-state index < -0.39 is 11.9 Å². The maximum atomic E-state index is 12.2. The molecule has 0 aliphatic rings. The highest BCUT2D eigenvalue weighted by Crippen LogP contribution is 2.26. The van der Waals surface area contributed by atoms with Crippen LogP contribution in [-0.4, -0.2) is 50.8 Å². The van der Waals surface area contributed by atoms with Crippen LogP contribution >= 0.6 is 23.4 Å². The number of thioether (sulfide) groups is 1. The predicted octanol–water partition coefficient (Wildman–Crippen LogP) is 3.11. The fraction of sp³-hybridized carbons (Fsp3) is 0.353. The van der Waals surface area contributed by atoms with Crippen molar-refractivity contribution >= 4 is 35.2 Å². The number of aromatic nitrogens is 2. The van der Waals surface area contributed by atoms with Gasteiger partial charge in [-0.15, -0.1) is 0 Å². The average Bonchev–Trinajstić information content (AvgIpc) is 3.03. The van der Waals surface area contributed by atoms with Gasteiger partial charge in [0, 0.05) is 31.0 Å². The zero-order valence-corrected chi connectivity index (χ0v) is 15.8. The molecule has 0 fully saturated rings. The lowest BCUT2D eigenvalue weighted by Crippen LogP contribution is -2.34. The highest BCUT2D eigenvalue weighted by atomic mass is 35.5. The minimum atomic E-state index is -0.917. The lowest BCUT2D eigenvalue weighted by atomic mass is 10.2. The summed E-state index contributed by atoms with van der Waals surface area (Å²) in [6.07, 6.45) is 3.49. The van der Waals surface area contributed by atoms with Gasteiger partial charge in [-0.1, -0.05) is 36.4 Å². The molecule has 0 bridgehead atoms. The summed E-state index contributed by atoms with van der Waals surface area (Å²) in [5.41, 5.74) is 1.84. The summed E-state index contributed by atoms with van der Waals surface area (Å²) >= 11 is 7.48. The first-order valence-corrected chi connectivity index (χ1v) is 9.06. The molecule has 0 saturated carbocycles. The molecule has 0 aliphatic carbocycles. The number of carbonyl (C=O) groups is 2. The van der Waals surface area contributed by atoms with E-state index >= 15 is 0 Å². The van der Waals surface area contributed by atoms with Gasteiger partial charge in [0.1, 0.15) is 0 Å². The number of hydrogen-bond acceptors (Lipinski definition) is 4. The monoisotopic (exact) mass is 381 g/mol. The van der Waals surface area contributed by atoms with E-state index in [-0.39, 0.29) is 18.2 Å². The maximum Gasteiger partial charge on any atom is 0.308 e. The Kier molecular flexibility index (Phi) is 6.50. The van der Waals surface area contributed by atoms with Crippen LogP contribution in [0.2, 0.25) is 5.02 Å².